The van der Waals surface area contributed by atoms with Gasteiger partial charge in [0, 0.05) is 58.0 Å². The lowest BCUT2D eigenvalue weighted by Crippen LogP contribution is -2.52. The van der Waals surface area contributed by atoms with Gasteiger partial charge in [0.2, 0.25) is 0 Å². The molecular formula is C44H30B2N6. The summed E-state index contributed by atoms with van der Waals surface area (Å²) >= 11 is 0. The van der Waals surface area contributed by atoms with E-state index in [-0.39, 0.29) is 14.0 Å². The smallest absolute Gasteiger partial charge is 0.359 e. The number of benzene rings is 7. The van der Waals surface area contributed by atoms with Gasteiger partial charge in [-0.3, -0.25) is 0 Å². The molecule has 8 heteroatoms. The van der Waals surface area contributed by atoms with Crippen LogP contribution in [0.5, 0.6) is 0 Å². The van der Waals surface area contributed by atoms with Crippen LogP contribution in [0.1, 0.15) is 0 Å². The van der Waals surface area contributed by atoms with Crippen LogP contribution in [0.15, 0.2) is 146 Å². The van der Waals surface area contributed by atoms with Gasteiger partial charge >= 0.3 is 14.0 Å². The van der Waals surface area contributed by atoms with Crippen molar-refractivity contribution in [2.75, 3.05) is 33.5 Å². The van der Waals surface area contributed by atoms with Crippen molar-refractivity contribution in [1.29, 1.82) is 0 Å². The van der Waals surface area contributed by atoms with Crippen molar-refractivity contribution < 1.29 is 0 Å². The van der Waals surface area contributed by atoms with Crippen molar-refractivity contribution in [3.63, 3.8) is 0 Å². The number of nitrogens with zero attached hydrogens (tertiary/aromatic N) is 6. The minimum Gasteiger partial charge on any atom is -0.359 e. The molecule has 4 aliphatic heterocycles. The summed E-state index contributed by atoms with van der Waals surface area (Å²) in [5.41, 5.74) is 17.5. The molecule has 2 aromatic heterocycles. The Labute approximate surface area is 301 Å². The van der Waals surface area contributed by atoms with E-state index in [1.165, 1.54) is 100 Å². The predicted molar refractivity (Wildman–Crippen MR) is 220 cm³/mol. The molecule has 0 N–H and O–H groups in total. The van der Waals surface area contributed by atoms with E-state index in [9.17, 15) is 0 Å². The molecule has 7 aromatic carbocycles. The summed E-state index contributed by atoms with van der Waals surface area (Å²) in [6.07, 6.45) is 0. The van der Waals surface area contributed by atoms with E-state index in [4.69, 9.17) is 0 Å². The average Bonchev–Trinajstić information content (AvgIpc) is 3.90. The highest BCUT2D eigenvalue weighted by atomic mass is 15.3. The van der Waals surface area contributed by atoms with Crippen LogP contribution in [0.2, 0.25) is 0 Å². The minimum absolute atomic E-state index is 0.0749. The van der Waals surface area contributed by atoms with Gasteiger partial charge in [-0.1, -0.05) is 84.9 Å². The van der Waals surface area contributed by atoms with E-state index >= 15 is 0 Å². The summed E-state index contributed by atoms with van der Waals surface area (Å²) in [6.45, 7) is -0.150. The second kappa shape index (κ2) is 9.22. The van der Waals surface area contributed by atoms with Crippen LogP contribution in [-0.2, 0) is 0 Å². The Bertz CT molecular complexity index is 2860. The normalized spacial score (nSPS) is 14.9. The van der Waals surface area contributed by atoms with E-state index in [0.717, 1.165) is 0 Å². The monoisotopic (exact) mass is 664 g/mol. The molecule has 13 rings (SSSR count). The number of aromatic nitrogens is 2. The lowest BCUT2D eigenvalue weighted by molar-refractivity contribution is 1.20. The average molecular weight is 664 g/mol. The molecule has 4 aliphatic rings. The summed E-state index contributed by atoms with van der Waals surface area (Å²) in [4.78, 5) is 10.0. The van der Waals surface area contributed by atoms with Crippen LogP contribution in [0.25, 0.3) is 43.6 Å². The maximum absolute atomic E-state index is 2.60. The molecule has 6 nitrogen and oxygen atoms in total. The minimum atomic E-state index is -0.0749. The molecule has 52 heavy (non-hydrogen) atoms. The first-order chi connectivity index (χ1) is 25.7. The molecule has 0 aliphatic carbocycles. The van der Waals surface area contributed by atoms with Crippen LogP contribution >= 0.6 is 0 Å². The summed E-state index contributed by atoms with van der Waals surface area (Å²) in [7, 11) is 4.50. The number of para-hydroxylation sites is 8. The van der Waals surface area contributed by atoms with E-state index in [1.54, 1.807) is 0 Å². The molecule has 0 bridgehead atoms. The summed E-state index contributed by atoms with van der Waals surface area (Å²) < 4.78 is 5.21. The molecular weight excluding hydrogens is 634 g/mol. The lowest BCUT2D eigenvalue weighted by atomic mass is 9.60. The van der Waals surface area contributed by atoms with Gasteiger partial charge in [0.1, 0.15) is 0 Å². The number of rotatable bonds is 0. The first-order valence-electron chi connectivity index (χ1n) is 18.1. The highest BCUT2D eigenvalue weighted by molar-refractivity contribution is 6.84. The van der Waals surface area contributed by atoms with Gasteiger partial charge in [-0.25, -0.2) is 0 Å². The largest absolute Gasteiger partial charge is 0.423 e. The SMILES string of the molecule is CN1c2cc3c(cc2B2N(c4ccccc41)c1cccc4c5ccccc5n2c14)N(C)c1ccccc1N1B3n2c3ccccc3c3cccc1c32. The van der Waals surface area contributed by atoms with E-state index in [0.29, 0.717) is 0 Å². The quantitative estimate of drug-likeness (QED) is 0.151. The van der Waals surface area contributed by atoms with Crippen LogP contribution < -0.4 is 30.3 Å². The van der Waals surface area contributed by atoms with Gasteiger partial charge in [0.05, 0.1) is 45.2 Å². The van der Waals surface area contributed by atoms with Crippen molar-refractivity contribution in [2.24, 2.45) is 0 Å². The Morgan fingerprint density at radius 3 is 1.17 bits per heavy atom. The summed E-state index contributed by atoms with van der Waals surface area (Å²) in [6, 6.07) is 54.4. The molecule has 0 spiro atoms. The molecule has 9 aromatic rings. The molecule has 0 amide bonds. The molecule has 0 unspecified atom stereocenters. The third-order valence-corrected chi connectivity index (χ3v) is 12.4. The van der Waals surface area contributed by atoms with Crippen molar-refractivity contribution in [3.05, 3.63) is 146 Å². The first kappa shape index (κ1) is 27.2. The molecule has 242 valence electrons. The van der Waals surface area contributed by atoms with Gasteiger partial charge < -0.3 is 28.4 Å². The van der Waals surface area contributed by atoms with E-state index < -0.39 is 0 Å². The van der Waals surface area contributed by atoms with Crippen LogP contribution in [0.4, 0.5) is 45.5 Å². The van der Waals surface area contributed by atoms with Gasteiger partial charge in [-0.15, -0.1) is 0 Å². The highest BCUT2D eigenvalue weighted by Gasteiger charge is 2.49. The fourth-order valence-corrected chi connectivity index (χ4v) is 10.3. The molecule has 6 heterocycles. The Morgan fingerprint density at radius 2 is 0.712 bits per heavy atom. The number of fused-ring (bicyclic) bond motifs is 20. The van der Waals surface area contributed by atoms with Crippen molar-refractivity contribution in [1.82, 2.24) is 8.96 Å². The standard InChI is InChI=1S/C44H30B2N6/c1-47-35-19-7-9-21-37(35)49-39-23-11-15-29-27-13-3-5-17-33(27)51(43(29)39)45(49)31-26-42-32(25-41(31)47)46-50(38-22-10-8-20-36(38)48(42)2)40-24-12-16-30-28-14-4-6-18-34(28)52(46)44(30)40/h3-26H,1-2H3. The van der Waals surface area contributed by atoms with Crippen molar-refractivity contribution in [3.8, 4) is 0 Å². The lowest BCUT2D eigenvalue weighted by Gasteiger charge is -2.28. The zero-order valence-corrected chi connectivity index (χ0v) is 28.7. The Morgan fingerprint density at radius 1 is 0.346 bits per heavy atom. The Kier molecular flexibility index (Phi) is 4.83. The highest BCUT2D eigenvalue weighted by Crippen LogP contribution is 2.52. The molecule has 0 atom stereocenters. The maximum Gasteiger partial charge on any atom is 0.423 e. The third kappa shape index (κ3) is 3.01. The van der Waals surface area contributed by atoms with Gasteiger partial charge in [-0.2, -0.15) is 0 Å². The first-order valence-corrected chi connectivity index (χ1v) is 18.1. The summed E-state index contributed by atoms with van der Waals surface area (Å²) in [5.74, 6) is 0. The van der Waals surface area contributed by atoms with Crippen molar-refractivity contribution in [2.45, 2.75) is 0 Å². The second-order valence-corrected chi connectivity index (χ2v) is 14.7. The van der Waals surface area contributed by atoms with Crippen LogP contribution in [0, 0.1) is 0 Å². The summed E-state index contributed by atoms with van der Waals surface area (Å²) in [5, 5.41) is 5.21. The number of hydrogen-bond donors (Lipinski definition) is 0. The predicted octanol–water partition coefficient (Wildman–Crippen LogP) is 8.86. The number of anilines is 8. The van der Waals surface area contributed by atoms with E-state index in [2.05, 4.69) is 188 Å². The topological polar surface area (TPSA) is 22.8 Å². The third-order valence-electron chi connectivity index (χ3n) is 12.4. The van der Waals surface area contributed by atoms with Crippen LogP contribution in [-0.4, -0.2) is 37.0 Å². The molecule has 0 radical (unpaired) electrons. The zero-order chi connectivity index (χ0) is 34.0. The van der Waals surface area contributed by atoms with Gasteiger partial charge in [0.15, 0.2) is 0 Å². The molecule has 0 fully saturated rings. The fourth-order valence-electron chi connectivity index (χ4n) is 10.3. The fraction of sp³-hybridized carbons (Fsp3) is 0.0455. The Hall–Kier alpha value is -6.53. The Balaban J connectivity index is 1.17. The van der Waals surface area contributed by atoms with Crippen molar-refractivity contribution >= 4 is 114 Å². The number of hydrogen-bond acceptors (Lipinski definition) is 4. The zero-order valence-electron chi connectivity index (χ0n) is 28.7. The molecule has 0 saturated heterocycles. The maximum atomic E-state index is 2.60. The molecule has 0 saturated carbocycles. The van der Waals surface area contributed by atoms with Gasteiger partial charge in [0.25, 0.3) is 0 Å². The van der Waals surface area contributed by atoms with E-state index in [1.807, 2.05) is 0 Å². The van der Waals surface area contributed by atoms with Gasteiger partial charge in [-0.05, 0) is 71.6 Å². The second-order valence-electron chi connectivity index (χ2n) is 14.7. The van der Waals surface area contributed by atoms with Crippen LogP contribution in [0.3, 0.4) is 0 Å².